The molecule has 1 aromatic carbocycles. The third kappa shape index (κ3) is 3.92. The molecule has 0 radical (unpaired) electrons. The molecule has 0 saturated carbocycles. The van der Waals surface area contributed by atoms with Gasteiger partial charge in [0.25, 0.3) is 5.91 Å². The monoisotopic (exact) mass is 353 g/mol. The fourth-order valence-electron chi connectivity index (χ4n) is 1.24. The van der Waals surface area contributed by atoms with E-state index in [9.17, 15) is 4.79 Å². The number of benzene rings is 1. The van der Waals surface area contributed by atoms with Crippen molar-refractivity contribution in [2.45, 2.75) is 19.4 Å². The van der Waals surface area contributed by atoms with E-state index >= 15 is 0 Å². The Morgan fingerprint density at radius 1 is 1.62 bits per heavy atom. The predicted octanol–water partition coefficient (Wildman–Crippen LogP) is 2.45. The smallest absolute Gasteiger partial charge is 0.252 e. The van der Waals surface area contributed by atoms with Gasteiger partial charge in [0.1, 0.15) is 0 Å². The van der Waals surface area contributed by atoms with Crippen LogP contribution in [0.25, 0.3) is 0 Å². The lowest BCUT2D eigenvalue weighted by molar-refractivity contribution is 0.0933. The van der Waals surface area contributed by atoms with Gasteiger partial charge in [0, 0.05) is 21.2 Å². The summed E-state index contributed by atoms with van der Waals surface area (Å²) in [5.74, 6) is -0.159. The van der Waals surface area contributed by atoms with E-state index in [1.165, 1.54) is 0 Å². The maximum Gasteiger partial charge on any atom is 0.252 e. The van der Waals surface area contributed by atoms with Crippen molar-refractivity contribution in [1.29, 1.82) is 0 Å². The topological polar surface area (TPSA) is 49.3 Å². The summed E-state index contributed by atoms with van der Waals surface area (Å²) in [6, 6.07) is 5.14. The molecule has 0 aromatic heterocycles. The quantitative estimate of drug-likeness (QED) is 0.817. The van der Waals surface area contributed by atoms with Crippen molar-refractivity contribution in [2.24, 2.45) is 0 Å². The first-order chi connectivity index (χ1) is 7.54. The van der Waals surface area contributed by atoms with Gasteiger partial charge in [0.2, 0.25) is 0 Å². The molecular formula is C11H13ClINO2. The zero-order chi connectivity index (χ0) is 12.1. The number of aliphatic hydroxyl groups is 1. The Balaban J connectivity index is 2.76. The molecule has 0 bridgehead atoms. The number of hydrogen-bond donors (Lipinski definition) is 2. The number of amides is 1. The molecule has 0 heterocycles. The molecule has 2 N–H and O–H groups in total. The molecule has 0 fully saturated rings. The first-order valence-electron chi connectivity index (χ1n) is 4.91. The van der Waals surface area contributed by atoms with Gasteiger partial charge in [0.05, 0.1) is 5.56 Å². The van der Waals surface area contributed by atoms with Gasteiger partial charge >= 0.3 is 0 Å². The van der Waals surface area contributed by atoms with Gasteiger partial charge in [-0.15, -0.1) is 0 Å². The third-order valence-electron chi connectivity index (χ3n) is 2.11. The Kier molecular flexibility index (Phi) is 5.51. The second kappa shape index (κ2) is 6.42. The molecular weight excluding hydrogens is 340 g/mol. The van der Waals surface area contributed by atoms with Gasteiger partial charge in [-0.25, -0.2) is 0 Å². The number of nitrogens with one attached hydrogen (secondary N) is 1. The van der Waals surface area contributed by atoms with Crippen molar-refractivity contribution in [3.8, 4) is 0 Å². The van der Waals surface area contributed by atoms with Crippen LogP contribution in [-0.4, -0.2) is 23.7 Å². The molecule has 1 atom stereocenters. The van der Waals surface area contributed by atoms with E-state index in [0.717, 1.165) is 3.57 Å². The fourth-order valence-corrected chi connectivity index (χ4v) is 1.99. The number of rotatable bonds is 4. The maximum absolute atomic E-state index is 11.8. The molecule has 1 rings (SSSR count). The van der Waals surface area contributed by atoms with Gasteiger partial charge in [0.15, 0.2) is 0 Å². The van der Waals surface area contributed by atoms with Gasteiger partial charge in [-0.3, -0.25) is 4.79 Å². The standard InChI is InChI=1S/C11H13ClINO2/c1-7(4-5-15)14-11(16)9-6-8(12)2-3-10(9)13/h2-3,6-7,15H,4-5H2,1H3,(H,14,16). The van der Waals surface area contributed by atoms with Crippen molar-refractivity contribution >= 4 is 40.1 Å². The highest BCUT2D eigenvalue weighted by Gasteiger charge is 2.12. The lowest BCUT2D eigenvalue weighted by Crippen LogP contribution is -2.33. The molecule has 0 aliphatic rings. The molecule has 88 valence electrons. The van der Waals surface area contributed by atoms with Crippen molar-refractivity contribution < 1.29 is 9.90 Å². The largest absolute Gasteiger partial charge is 0.396 e. The van der Waals surface area contributed by atoms with Crippen LogP contribution in [0.15, 0.2) is 18.2 Å². The molecule has 0 aliphatic carbocycles. The predicted molar refractivity (Wildman–Crippen MR) is 72.8 cm³/mol. The maximum atomic E-state index is 11.8. The normalized spacial score (nSPS) is 12.2. The van der Waals surface area contributed by atoms with Gasteiger partial charge in [-0.2, -0.15) is 0 Å². The van der Waals surface area contributed by atoms with Crippen molar-refractivity contribution in [1.82, 2.24) is 5.32 Å². The Labute approximate surface area is 113 Å². The Hall–Kier alpha value is -0.330. The fraction of sp³-hybridized carbons (Fsp3) is 0.364. The van der Waals surface area contributed by atoms with Crippen LogP contribution in [0.5, 0.6) is 0 Å². The zero-order valence-electron chi connectivity index (χ0n) is 8.84. The number of halogens is 2. The van der Waals surface area contributed by atoms with E-state index in [2.05, 4.69) is 27.9 Å². The van der Waals surface area contributed by atoms with Crippen LogP contribution in [0.4, 0.5) is 0 Å². The molecule has 16 heavy (non-hydrogen) atoms. The summed E-state index contributed by atoms with van der Waals surface area (Å²) in [5, 5.41) is 12.1. The van der Waals surface area contributed by atoms with Gasteiger partial charge in [-0.05, 0) is 54.1 Å². The summed E-state index contributed by atoms with van der Waals surface area (Å²) < 4.78 is 0.857. The Morgan fingerprint density at radius 2 is 2.31 bits per heavy atom. The van der Waals surface area contributed by atoms with Crippen LogP contribution < -0.4 is 5.32 Å². The number of carbonyl (C=O) groups is 1. The second-order valence-electron chi connectivity index (χ2n) is 3.51. The molecule has 0 saturated heterocycles. The number of carbonyl (C=O) groups excluding carboxylic acids is 1. The highest BCUT2D eigenvalue weighted by Crippen LogP contribution is 2.18. The Morgan fingerprint density at radius 3 is 2.94 bits per heavy atom. The van der Waals surface area contributed by atoms with Crippen LogP contribution in [0.1, 0.15) is 23.7 Å². The summed E-state index contributed by atoms with van der Waals surface area (Å²) >= 11 is 7.93. The molecule has 5 heteroatoms. The highest BCUT2D eigenvalue weighted by atomic mass is 127. The van der Waals surface area contributed by atoms with E-state index in [0.29, 0.717) is 17.0 Å². The minimum atomic E-state index is -0.159. The zero-order valence-corrected chi connectivity index (χ0v) is 11.7. The van der Waals surface area contributed by atoms with E-state index < -0.39 is 0 Å². The lowest BCUT2D eigenvalue weighted by Gasteiger charge is -2.13. The minimum Gasteiger partial charge on any atom is -0.396 e. The summed E-state index contributed by atoms with van der Waals surface area (Å²) in [5.41, 5.74) is 0.567. The van der Waals surface area contributed by atoms with Crippen LogP contribution >= 0.6 is 34.2 Å². The van der Waals surface area contributed by atoms with Crippen molar-refractivity contribution in [3.05, 3.63) is 32.4 Å². The van der Waals surface area contributed by atoms with Crippen molar-refractivity contribution in [3.63, 3.8) is 0 Å². The molecule has 1 aromatic rings. The van der Waals surface area contributed by atoms with Crippen LogP contribution in [0.3, 0.4) is 0 Å². The first kappa shape index (κ1) is 13.7. The van der Waals surface area contributed by atoms with Gasteiger partial charge in [-0.1, -0.05) is 11.6 Å². The average molecular weight is 354 g/mol. The summed E-state index contributed by atoms with van der Waals surface area (Å²) in [4.78, 5) is 11.8. The average Bonchev–Trinajstić information content (AvgIpc) is 2.21. The Bertz CT molecular complexity index is 384. The minimum absolute atomic E-state index is 0.0488. The third-order valence-corrected chi connectivity index (χ3v) is 3.29. The summed E-state index contributed by atoms with van der Waals surface area (Å²) in [7, 11) is 0. The second-order valence-corrected chi connectivity index (χ2v) is 5.11. The molecule has 0 aliphatic heterocycles. The van der Waals surface area contributed by atoms with E-state index in [-0.39, 0.29) is 18.6 Å². The highest BCUT2D eigenvalue weighted by molar-refractivity contribution is 14.1. The number of hydrogen-bond acceptors (Lipinski definition) is 2. The number of aliphatic hydroxyl groups excluding tert-OH is 1. The van der Waals surface area contributed by atoms with E-state index in [1.807, 2.05) is 6.92 Å². The molecule has 0 spiro atoms. The molecule has 1 amide bonds. The van der Waals surface area contributed by atoms with E-state index in [4.69, 9.17) is 16.7 Å². The molecule has 3 nitrogen and oxygen atoms in total. The molecule has 1 unspecified atom stereocenters. The van der Waals surface area contributed by atoms with Crippen LogP contribution in [0, 0.1) is 3.57 Å². The van der Waals surface area contributed by atoms with Crippen molar-refractivity contribution in [2.75, 3.05) is 6.61 Å². The van der Waals surface area contributed by atoms with E-state index in [1.54, 1.807) is 18.2 Å². The van der Waals surface area contributed by atoms with Crippen LogP contribution in [-0.2, 0) is 0 Å². The SMILES string of the molecule is CC(CCO)NC(=O)c1cc(Cl)ccc1I. The lowest BCUT2D eigenvalue weighted by atomic mass is 10.2. The first-order valence-corrected chi connectivity index (χ1v) is 6.37. The summed E-state index contributed by atoms with van der Waals surface area (Å²) in [6.45, 7) is 1.92. The van der Waals surface area contributed by atoms with Gasteiger partial charge < -0.3 is 10.4 Å². The van der Waals surface area contributed by atoms with Crippen LogP contribution in [0.2, 0.25) is 5.02 Å². The summed E-state index contributed by atoms with van der Waals surface area (Å²) in [6.07, 6.45) is 0.545.